The Bertz CT molecular complexity index is 1680. The van der Waals surface area contributed by atoms with Crippen molar-refractivity contribution in [3.63, 3.8) is 0 Å². The normalized spacial score (nSPS) is 11.5. The third kappa shape index (κ3) is 5.04. The molecule has 0 fully saturated rings. The zero-order valence-electron chi connectivity index (χ0n) is 21.7. The monoisotopic (exact) mass is 550 g/mol. The number of nitrogens with one attached hydrogen (secondary N) is 1. The Balaban J connectivity index is 1.62. The molecule has 5 aromatic heterocycles. The average molecular weight is 551 g/mol. The number of fused-ring (bicyclic) bond motifs is 1. The minimum atomic E-state index is -2.82. The summed E-state index contributed by atoms with van der Waals surface area (Å²) in [5, 5.41) is 11.3. The van der Waals surface area contributed by atoms with Crippen LogP contribution < -0.4 is 10.1 Å². The van der Waals surface area contributed by atoms with E-state index in [4.69, 9.17) is 4.74 Å². The van der Waals surface area contributed by atoms with Gasteiger partial charge >= 0.3 is 0 Å². The number of carbonyl (C=O) groups excluding carboxylic acids is 1. The summed E-state index contributed by atoms with van der Waals surface area (Å²) in [4.78, 5) is 30.8. The molecule has 39 heavy (non-hydrogen) atoms. The van der Waals surface area contributed by atoms with Crippen molar-refractivity contribution in [2.45, 2.75) is 33.1 Å². The highest BCUT2D eigenvalue weighted by Crippen LogP contribution is 2.37. The second kappa shape index (κ2) is 10.4. The maximum absolute atomic E-state index is 13.6. The van der Waals surface area contributed by atoms with E-state index in [0.29, 0.717) is 33.3 Å². The molecular formula is C26H24F2N8O2S. The smallest absolute Gasteiger partial charge is 0.280 e. The van der Waals surface area contributed by atoms with Crippen LogP contribution in [0.4, 0.5) is 13.9 Å². The number of aryl methyl sites for hydroxylation is 2. The van der Waals surface area contributed by atoms with Gasteiger partial charge in [0.25, 0.3) is 12.3 Å². The summed E-state index contributed by atoms with van der Waals surface area (Å²) in [6, 6.07) is 4.79. The molecule has 0 unspecified atom stereocenters. The number of methoxy groups -OCH3 is 1. The van der Waals surface area contributed by atoms with E-state index in [2.05, 4.69) is 35.6 Å². The van der Waals surface area contributed by atoms with Crippen molar-refractivity contribution in [2.24, 2.45) is 7.05 Å². The summed E-state index contributed by atoms with van der Waals surface area (Å²) in [6.07, 6.45) is 1.46. The third-order valence-corrected chi connectivity index (χ3v) is 7.05. The van der Waals surface area contributed by atoms with Crippen molar-refractivity contribution < 1.29 is 18.3 Å². The number of nitrogens with zero attached hydrogens (tertiary/aromatic N) is 7. The maximum atomic E-state index is 13.6. The molecular weight excluding hydrogens is 526 g/mol. The van der Waals surface area contributed by atoms with Crippen LogP contribution in [0.15, 0.2) is 36.8 Å². The topological polar surface area (TPSA) is 121 Å². The van der Waals surface area contributed by atoms with Crippen molar-refractivity contribution in [2.75, 3.05) is 12.4 Å². The van der Waals surface area contributed by atoms with Crippen LogP contribution in [0.3, 0.4) is 0 Å². The lowest BCUT2D eigenvalue weighted by molar-refractivity contribution is 0.102. The Morgan fingerprint density at radius 1 is 1.05 bits per heavy atom. The predicted octanol–water partition coefficient (Wildman–Crippen LogP) is 5.57. The zero-order valence-corrected chi connectivity index (χ0v) is 22.5. The van der Waals surface area contributed by atoms with Crippen LogP contribution in [-0.2, 0) is 7.05 Å². The lowest BCUT2D eigenvalue weighted by Crippen LogP contribution is -2.14. The van der Waals surface area contributed by atoms with Gasteiger partial charge in [-0.2, -0.15) is 0 Å². The molecule has 5 heterocycles. The van der Waals surface area contributed by atoms with Gasteiger partial charge in [0.1, 0.15) is 22.7 Å². The number of ether oxygens (including phenoxy) is 1. The zero-order chi connectivity index (χ0) is 27.8. The second-order valence-corrected chi connectivity index (χ2v) is 10.1. The number of hydrogen-bond donors (Lipinski definition) is 1. The molecule has 0 bridgehead atoms. The van der Waals surface area contributed by atoms with E-state index in [-0.39, 0.29) is 22.8 Å². The van der Waals surface area contributed by atoms with E-state index in [1.165, 1.54) is 36.9 Å². The number of halogens is 2. The summed E-state index contributed by atoms with van der Waals surface area (Å²) >= 11 is 1.32. The fourth-order valence-electron chi connectivity index (χ4n) is 4.13. The summed E-state index contributed by atoms with van der Waals surface area (Å²) in [6.45, 7) is 5.87. The Labute approximate surface area is 226 Å². The van der Waals surface area contributed by atoms with Gasteiger partial charge in [0.05, 0.1) is 41.2 Å². The SMILES string of the molecule is COc1cnc(C(F)F)cc1-c1cc(-c2c(C)nnn2C)ncc1C(=O)Nc1nc2cnc(C(C)C)cc2s1. The number of pyridine rings is 3. The van der Waals surface area contributed by atoms with Crippen molar-refractivity contribution in [1.29, 1.82) is 0 Å². The molecule has 0 saturated carbocycles. The molecule has 5 aromatic rings. The number of aromatic nitrogens is 7. The van der Waals surface area contributed by atoms with Crippen LogP contribution in [0.1, 0.15) is 53.6 Å². The molecule has 0 atom stereocenters. The number of rotatable bonds is 7. The van der Waals surface area contributed by atoms with Crippen LogP contribution in [0.5, 0.6) is 5.75 Å². The molecule has 0 spiro atoms. The summed E-state index contributed by atoms with van der Waals surface area (Å²) < 4.78 is 35.1. The minimum Gasteiger partial charge on any atom is -0.494 e. The number of amides is 1. The Morgan fingerprint density at radius 3 is 2.49 bits per heavy atom. The fourth-order valence-corrected chi connectivity index (χ4v) is 5.01. The number of alkyl halides is 2. The van der Waals surface area contributed by atoms with Gasteiger partial charge in [-0.1, -0.05) is 30.4 Å². The lowest BCUT2D eigenvalue weighted by atomic mass is 9.98. The van der Waals surface area contributed by atoms with Gasteiger partial charge < -0.3 is 4.74 Å². The molecule has 1 amide bonds. The van der Waals surface area contributed by atoms with E-state index < -0.39 is 18.0 Å². The molecule has 0 aliphatic rings. The van der Waals surface area contributed by atoms with Crippen molar-refractivity contribution in [1.82, 2.24) is 34.9 Å². The van der Waals surface area contributed by atoms with Crippen LogP contribution in [-0.4, -0.2) is 47.9 Å². The Kier molecular flexibility index (Phi) is 7.00. The van der Waals surface area contributed by atoms with E-state index in [1.807, 2.05) is 19.9 Å². The van der Waals surface area contributed by atoms with Gasteiger partial charge in [-0.25, -0.2) is 18.4 Å². The number of anilines is 1. The molecule has 10 nitrogen and oxygen atoms in total. The van der Waals surface area contributed by atoms with Crippen LogP contribution >= 0.6 is 11.3 Å². The second-order valence-electron chi connectivity index (χ2n) is 9.08. The van der Waals surface area contributed by atoms with E-state index >= 15 is 0 Å². The highest BCUT2D eigenvalue weighted by atomic mass is 32.1. The van der Waals surface area contributed by atoms with Crippen molar-refractivity contribution >= 4 is 32.6 Å². The highest BCUT2D eigenvalue weighted by Gasteiger charge is 2.23. The largest absolute Gasteiger partial charge is 0.494 e. The van der Waals surface area contributed by atoms with Crippen LogP contribution in [0.25, 0.3) is 32.7 Å². The quantitative estimate of drug-likeness (QED) is 0.279. The highest BCUT2D eigenvalue weighted by molar-refractivity contribution is 7.22. The van der Waals surface area contributed by atoms with Crippen LogP contribution in [0, 0.1) is 6.92 Å². The molecule has 0 aliphatic heterocycles. The van der Waals surface area contributed by atoms with E-state index in [0.717, 1.165) is 10.4 Å². The Hall–Kier alpha value is -4.39. The summed E-state index contributed by atoms with van der Waals surface area (Å²) in [7, 11) is 3.12. The van der Waals surface area contributed by atoms with E-state index in [1.54, 1.807) is 30.9 Å². The van der Waals surface area contributed by atoms with Crippen molar-refractivity contribution in [3.8, 4) is 28.3 Å². The van der Waals surface area contributed by atoms with Gasteiger partial charge in [0, 0.05) is 30.1 Å². The van der Waals surface area contributed by atoms with Gasteiger partial charge in [-0.05, 0) is 31.0 Å². The molecule has 0 radical (unpaired) electrons. The van der Waals surface area contributed by atoms with Gasteiger partial charge in [0.2, 0.25) is 0 Å². The molecule has 0 aliphatic carbocycles. The lowest BCUT2D eigenvalue weighted by Gasteiger charge is -2.15. The number of thiazole rings is 1. The van der Waals surface area contributed by atoms with Crippen LogP contribution in [0.2, 0.25) is 0 Å². The summed E-state index contributed by atoms with van der Waals surface area (Å²) in [5.41, 5.74) is 3.54. The molecule has 0 saturated heterocycles. The van der Waals surface area contributed by atoms with Gasteiger partial charge in [0.15, 0.2) is 5.13 Å². The maximum Gasteiger partial charge on any atom is 0.280 e. The average Bonchev–Trinajstić information content (AvgIpc) is 3.48. The summed E-state index contributed by atoms with van der Waals surface area (Å²) in [5.74, 6) is -0.0522. The molecule has 13 heteroatoms. The molecule has 200 valence electrons. The first-order valence-electron chi connectivity index (χ1n) is 11.9. The third-order valence-electron chi connectivity index (χ3n) is 6.12. The number of carbonyl (C=O) groups is 1. The first kappa shape index (κ1) is 26.2. The minimum absolute atomic E-state index is 0.136. The molecule has 0 aromatic carbocycles. The first-order valence-corrected chi connectivity index (χ1v) is 12.7. The van der Waals surface area contributed by atoms with Gasteiger partial charge in [-0.15, -0.1) is 5.10 Å². The fraction of sp³-hybridized carbons (Fsp3) is 0.269. The number of hydrogen-bond acceptors (Lipinski definition) is 9. The molecule has 1 N–H and O–H groups in total. The predicted molar refractivity (Wildman–Crippen MR) is 143 cm³/mol. The Morgan fingerprint density at radius 2 is 1.82 bits per heavy atom. The standard InChI is InChI=1S/C26H24F2N8O2S/c1-12(2)17-8-22-20(10-30-17)32-26(39-22)33-25(37)16-9-29-18(23-13(3)34-35-36(23)4)6-14(16)15-7-19(24(27)28)31-11-21(15)38-5/h6-12,24H,1-5H3,(H,32,33,37). The van der Waals surface area contributed by atoms with Gasteiger partial charge in [-0.3, -0.25) is 25.1 Å². The van der Waals surface area contributed by atoms with E-state index in [9.17, 15) is 13.6 Å². The van der Waals surface area contributed by atoms with Crippen molar-refractivity contribution in [3.05, 3.63) is 59.4 Å². The molecule has 5 rings (SSSR count). The first-order chi connectivity index (χ1) is 18.7.